The van der Waals surface area contributed by atoms with Gasteiger partial charge < -0.3 is 5.73 Å². The van der Waals surface area contributed by atoms with Crippen molar-refractivity contribution in [3.05, 3.63) is 46.3 Å². The van der Waals surface area contributed by atoms with Gasteiger partial charge in [-0.15, -0.1) is 11.3 Å². The van der Waals surface area contributed by atoms with E-state index in [0.717, 1.165) is 5.92 Å². The highest BCUT2D eigenvalue weighted by Crippen LogP contribution is 2.42. The fourth-order valence-corrected chi connectivity index (χ4v) is 3.37. The lowest BCUT2D eigenvalue weighted by Gasteiger charge is -2.06. The number of rotatable bonds is 3. The van der Waals surface area contributed by atoms with Crippen molar-refractivity contribution in [2.75, 3.05) is 0 Å². The SMILES string of the molecule is Cc1ccc(-c2ccc(C(N)C3CC3)s2)cc1C. The maximum absolute atomic E-state index is 6.26. The van der Waals surface area contributed by atoms with Gasteiger partial charge in [0.25, 0.3) is 0 Å². The Bertz CT molecular complexity index is 566. The second kappa shape index (κ2) is 4.52. The van der Waals surface area contributed by atoms with Crippen LogP contribution in [0.25, 0.3) is 10.4 Å². The molecule has 2 heteroatoms. The predicted octanol–water partition coefficient (Wildman–Crippen LogP) is 4.44. The number of hydrogen-bond acceptors (Lipinski definition) is 2. The Morgan fingerprint density at radius 1 is 1.11 bits per heavy atom. The summed E-state index contributed by atoms with van der Waals surface area (Å²) in [6, 6.07) is 11.4. The zero-order valence-electron chi connectivity index (χ0n) is 10.9. The first-order valence-corrected chi connectivity index (χ1v) is 7.40. The highest BCUT2D eigenvalue weighted by atomic mass is 32.1. The van der Waals surface area contributed by atoms with Gasteiger partial charge >= 0.3 is 0 Å². The van der Waals surface area contributed by atoms with Crippen LogP contribution < -0.4 is 5.73 Å². The molecule has 2 N–H and O–H groups in total. The van der Waals surface area contributed by atoms with E-state index in [2.05, 4.69) is 44.2 Å². The summed E-state index contributed by atoms with van der Waals surface area (Å²) >= 11 is 1.85. The van der Waals surface area contributed by atoms with Crippen LogP contribution in [0.3, 0.4) is 0 Å². The number of thiophene rings is 1. The maximum Gasteiger partial charge on any atom is 0.0418 e. The average Bonchev–Trinajstić information content (AvgIpc) is 3.09. The third kappa shape index (κ3) is 2.23. The standard InChI is InChI=1S/C16H19NS/c1-10-3-4-13(9-11(10)2)14-7-8-15(18-14)16(17)12-5-6-12/h3-4,7-9,12,16H,5-6,17H2,1-2H3. The molecule has 1 aromatic heterocycles. The molecule has 94 valence electrons. The van der Waals surface area contributed by atoms with E-state index < -0.39 is 0 Å². The molecule has 1 aliphatic carbocycles. The molecule has 1 aliphatic rings. The zero-order chi connectivity index (χ0) is 12.7. The number of aryl methyl sites for hydroxylation is 2. The van der Waals surface area contributed by atoms with Crippen LogP contribution in [-0.2, 0) is 0 Å². The summed E-state index contributed by atoms with van der Waals surface area (Å²) in [7, 11) is 0. The summed E-state index contributed by atoms with van der Waals surface area (Å²) in [5.74, 6) is 0.733. The topological polar surface area (TPSA) is 26.0 Å². The van der Waals surface area contributed by atoms with Crippen LogP contribution in [0.5, 0.6) is 0 Å². The minimum absolute atomic E-state index is 0.260. The van der Waals surface area contributed by atoms with Gasteiger partial charge in [-0.1, -0.05) is 18.2 Å². The third-order valence-corrected chi connectivity index (χ3v) is 5.11. The van der Waals surface area contributed by atoms with Gasteiger partial charge in [0.15, 0.2) is 0 Å². The maximum atomic E-state index is 6.26. The molecule has 1 aromatic carbocycles. The lowest BCUT2D eigenvalue weighted by Crippen LogP contribution is -2.10. The normalized spacial score (nSPS) is 16.8. The first-order valence-electron chi connectivity index (χ1n) is 6.58. The zero-order valence-corrected chi connectivity index (χ0v) is 11.8. The highest BCUT2D eigenvalue weighted by molar-refractivity contribution is 7.15. The van der Waals surface area contributed by atoms with Crippen LogP contribution in [-0.4, -0.2) is 0 Å². The molecule has 1 nitrogen and oxygen atoms in total. The molecule has 1 saturated carbocycles. The van der Waals surface area contributed by atoms with E-state index in [1.807, 2.05) is 11.3 Å². The Balaban J connectivity index is 1.89. The second-order valence-electron chi connectivity index (χ2n) is 5.36. The summed E-state index contributed by atoms with van der Waals surface area (Å²) in [5.41, 5.74) is 10.3. The predicted molar refractivity (Wildman–Crippen MR) is 78.9 cm³/mol. The van der Waals surface area contributed by atoms with Crippen molar-refractivity contribution in [3.8, 4) is 10.4 Å². The summed E-state index contributed by atoms with van der Waals surface area (Å²) in [6.07, 6.45) is 2.61. The molecule has 0 radical (unpaired) electrons. The van der Waals surface area contributed by atoms with E-state index in [1.165, 1.54) is 39.3 Å². The van der Waals surface area contributed by atoms with Gasteiger partial charge in [-0.2, -0.15) is 0 Å². The Morgan fingerprint density at radius 2 is 1.89 bits per heavy atom. The van der Waals surface area contributed by atoms with E-state index in [4.69, 9.17) is 5.73 Å². The van der Waals surface area contributed by atoms with Crippen LogP contribution >= 0.6 is 11.3 Å². The first kappa shape index (κ1) is 11.9. The molecule has 0 saturated heterocycles. The molecule has 3 rings (SSSR count). The van der Waals surface area contributed by atoms with Gasteiger partial charge in [0.05, 0.1) is 0 Å². The lowest BCUT2D eigenvalue weighted by molar-refractivity contribution is 0.645. The van der Waals surface area contributed by atoms with Gasteiger partial charge in [-0.25, -0.2) is 0 Å². The Labute approximate surface area is 113 Å². The van der Waals surface area contributed by atoms with Crippen LogP contribution in [0.1, 0.15) is 34.9 Å². The Morgan fingerprint density at radius 3 is 2.56 bits per heavy atom. The lowest BCUT2D eigenvalue weighted by atomic mass is 10.1. The van der Waals surface area contributed by atoms with Crippen molar-refractivity contribution in [2.45, 2.75) is 32.7 Å². The fraction of sp³-hybridized carbons (Fsp3) is 0.375. The van der Waals surface area contributed by atoms with Crippen LogP contribution in [0.2, 0.25) is 0 Å². The van der Waals surface area contributed by atoms with Crippen molar-refractivity contribution in [3.63, 3.8) is 0 Å². The van der Waals surface area contributed by atoms with E-state index in [-0.39, 0.29) is 6.04 Å². The quantitative estimate of drug-likeness (QED) is 0.864. The number of benzene rings is 1. The van der Waals surface area contributed by atoms with Gasteiger partial charge in [0, 0.05) is 15.8 Å². The molecule has 18 heavy (non-hydrogen) atoms. The van der Waals surface area contributed by atoms with E-state index in [1.54, 1.807) is 0 Å². The minimum atomic E-state index is 0.260. The van der Waals surface area contributed by atoms with E-state index in [9.17, 15) is 0 Å². The molecule has 2 aromatic rings. The fourth-order valence-electron chi connectivity index (χ4n) is 2.27. The Kier molecular flexibility index (Phi) is 3.00. The van der Waals surface area contributed by atoms with Gasteiger partial charge in [-0.3, -0.25) is 0 Å². The third-order valence-electron chi connectivity index (χ3n) is 3.88. The van der Waals surface area contributed by atoms with Crippen molar-refractivity contribution >= 4 is 11.3 Å². The summed E-state index contributed by atoms with van der Waals surface area (Å²) in [5, 5.41) is 0. The first-order chi connectivity index (χ1) is 8.65. The van der Waals surface area contributed by atoms with Crippen LogP contribution in [0.15, 0.2) is 30.3 Å². The van der Waals surface area contributed by atoms with Crippen LogP contribution in [0, 0.1) is 19.8 Å². The summed E-state index contributed by atoms with van der Waals surface area (Å²) in [4.78, 5) is 2.68. The Hall–Kier alpha value is -1.12. The van der Waals surface area contributed by atoms with Crippen molar-refractivity contribution in [2.24, 2.45) is 11.7 Å². The van der Waals surface area contributed by atoms with Crippen molar-refractivity contribution in [1.29, 1.82) is 0 Å². The summed E-state index contributed by atoms with van der Waals surface area (Å²) in [6.45, 7) is 4.32. The minimum Gasteiger partial charge on any atom is -0.323 e. The molecule has 0 aliphatic heterocycles. The number of nitrogens with two attached hydrogens (primary N) is 1. The molecule has 1 unspecified atom stereocenters. The molecular formula is C16H19NS. The molecule has 0 spiro atoms. The molecular weight excluding hydrogens is 238 g/mol. The van der Waals surface area contributed by atoms with Gasteiger partial charge in [-0.05, 0) is 61.4 Å². The highest BCUT2D eigenvalue weighted by Gasteiger charge is 2.30. The smallest absolute Gasteiger partial charge is 0.0418 e. The molecule has 1 atom stereocenters. The van der Waals surface area contributed by atoms with Crippen molar-refractivity contribution < 1.29 is 0 Å². The molecule has 1 heterocycles. The molecule has 0 amide bonds. The van der Waals surface area contributed by atoms with Gasteiger partial charge in [0.1, 0.15) is 0 Å². The molecule has 0 bridgehead atoms. The average molecular weight is 257 g/mol. The van der Waals surface area contributed by atoms with Crippen LogP contribution in [0.4, 0.5) is 0 Å². The monoisotopic (exact) mass is 257 g/mol. The van der Waals surface area contributed by atoms with Crippen molar-refractivity contribution in [1.82, 2.24) is 0 Å². The van der Waals surface area contributed by atoms with Gasteiger partial charge in [0.2, 0.25) is 0 Å². The number of hydrogen-bond donors (Lipinski definition) is 1. The van der Waals surface area contributed by atoms with E-state index >= 15 is 0 Å². The summed E-state index contributed by atoms with van der Waals surface area (Å²) < 4.78 is 0. The second-order valence-corrected chi connectivity index (χ2v) is 6.48. The van der Waals surface area contributed by atoms with E-state index in [0.29, 0.717) is 0 Å². The molecule has 1 fully saturated rings. The largest absolute Gasteiger partial charge is 0.323 e.